The molecule has 3 aromatic carbocycles. The highest BCUT2D eigenvalue weighted by molar-refractivity contribution is 5.96. The molecule has 3 aromatic rings. The Morgan fingerprint density at radius 1 is 0.542 bits per heavy atom. The Hall–Kier alpha value is -3.40. The molecular formula is C20H18N4. The predicted molar refractivity (Wildman–Crippen MR) is 99.3 cm³/mol. The lowest BCUT2D eigenvalue weighted by Crippen LogP contribution is -2.10. The van der Waals surface area contributed by atoms with Crippen LogP contribution in [-0.2, 0) is 0 Å². The van der Waals surface area contributed by atoms with Crippen molar-refractivity contribution in [1.29, 1.82) is 10.8 Å². The number of nitrogens with one attached hydrogen (secondary N) is 2. The molecule has 0 aromatic heterocycles. The fourth-order valence-corrected chi connectivity index (χ4v) is 2.59. The van der Waals surface area contributed by atoms with Crippen molar-refractivity contribution >= 4 is 11.7 Å². The third-order valence-corrected chi connectivity index (χ3v) is 3.90. The molecule has 3 rings (SSSR count). The summed E-state index contributed by atoms with van der Waals surface area (Å²) < 4.78 is 0. The fourth-order valence-electron chi connectivity index (χ4n) is 2.59. The fraction of sp³-hybridized carbons (Fsp3) is 0. The summed E-state index contributed by atoms with van der Waals surface area (Å²) in [6.45, 7) is 0. The van der Waals surface area contributed by atoms with Gasteiger partial charge in [0.1, 0.15) is 11.7 Å². The molecule has 0 radical (unpaired) electrons. The molecule has 0 fully saturated rings. The number of benzene rings is 3. The molecule has 4 nitrogen and oxygen atoms in total. The minimum absolute atomic E-state index is 0.0644. The van der Waals surface area contributed by atoms with Crippen LogP contribution in [0.15, 0.2) is 72.8 Å². The van der Waals surface area contributed by atoms with Gasteiger partial charge in [-0.2, -0.15) is 0 Å². The Bertz CT molecular complexity index is 834. The summed E-state index contributed by atoms with van der Waals surface area (Å²) in [5.41, 5.74) is 16.7. The summed E-state index contributed by atoms with van der Waals surface area (Å²) in [5, 5.41) is 15.1. The van der Waals surface area contributed by atoms with E-state index in [0.717, 1.165) is 22.3 Å². The van der Waals surface area contributed by atoms with Crippen molar-refractivity contribution in [2.45, 2.75) is 0 Å². The van der Waals surface area contributed by atoms with Gasteiger partial charge in [0.2, 0.25) is 0 Å². The molecule has 0 spiro atoms. The Labute approximate surface area is 140 Å². The number of nitrogens with two attached hydrogens (primary N) is 2. The van der Waals surface area contributed by atoms with Crippen LogP contribution in [0.5, 0.6) is 0 Å². The van der Waals surface area contributed by atoms with Crippen molar-refractivity contribution in [2.75, 3.05) is 0 Å². The topological polar surface area (TPSA) is 99.7 Å². The minimum Gasteiger partial charge on any atom is -0.384 e. The summed E-state index contributed by atoms with van der Waals surface area (Å²) in [7, 11) is 0. The van der Waals surface area contributed by atoms with Gasteiger partial charge in [0, 0.05) is 11.1 Å². The van der Waals surface area contributed by atoms with E-state index in [1.54, 1.807) is 0 Å². The van der Waals surface area contributed by atoms with Gasteiger partial charge in [0.05, 0.1) is 0 Å². The van der Waals surface area contributed by atoms with E-state index >= 15 is 0 Å². The van der Waals surface area contributed by atoms with Crippen molar-refractivity contribution in [3.05, 3.63) is 83.9 Å². The lowest BCUT2D eigenvalue weighted by molar-refractivity contribution is 1.42. The van der Waals surface area contributed by atoms with Gasteiger partial charge in [0.25, 0.3) is 0 Å². The maximum absolute atomic E-state index is 7.55. The largest absolute Gasteiger partial charge is 0.384 e. The third kappa shape index (κ3) is 3.17. The van der Waals surface area contributed by atoms with Crippen LogP contribution in [0.2, 0.25) is 0 Å². The summed E-state index contributed by atoms with van der Waals surface area (Å²) in [6.07, 6.45) is 0. The Morgan fingerprint density at radius 3 is 1.25 bits per heavy atom. The first-order valence-electron chi connectivity index (χ1n) is 7.54. The summed E-state index contributed by atoms with van der Waals surface area (Å²) >= 11 is 0. The molecule has 0 atom stereocenters. The summed E-state index contributed by atoms with van der Waals surface area (Å²) in [5.74, 6) is 0.129. The van der Waals surface area contributed by atoms with Crippen molar-refractivity contribution in [3.8, 4) is 22.3 Å². The van der Waals surface area contributed by atoms with Gasteiger partial charge in [-0.15, -0.1) is 0 Å². The quantitative estimate of drug-likeness (QED) is 0.437. The van der Waals surface area contributed by atoms with E-state index in [0.29, 0.717) is 11.1 Å². The number of hydrogen-bond acceptors (Lipinski definition) is 2. The second-order valence-electron chi connectivity index (χ2n) is 5.57. The molecule has 0 heterocycles. The van der Waals surface area contributed by atoms with Crippen LogP contribution in [0.25, 0.3) is 22.3 Å². The second kappa shape index (κ2) is 6.38. The zero-order chi connectivity index (χ0) is 17.1. The maximum atomic E-state index is 7.55. The molecule has 0 aliphatic carbocycles. The van der Waals surface area contributed by atoms with Crippen LogP contribution >= 0.6 is 0 Å². The van der Waals surface area contributed by atoms with Crippen molar-refractivity contribution in [2.24, 2.45) is 11.5 Å². The molecule has 0 aliphatic rings. The van der Waals surface area contributed by atoms with Gasteiger partial charge in [-0.1, -0.05) is 60.7 Å². The average molecular weight is 314 g/mol. The molecule has 0 bridgehead atoms. The van der Waals surface area contributed by atoms with Gasteiger partial charge in [-0.3, -0.25) is 10.8 Å². The van der Waals surface area contributed by atoms with E-state index in [9.17, 15) is 0 Å². The third-order valence-electron chi connectivity index (χ3n) is 3.90. The number of hydrogen-bond donors (Lipinski definition) is 4. The first-order chi connectivity index (χ1) is 11.5. The Morgan fingerprint density at radius 2 is 0.917 bits per heavy atom. The molecule has 24 heavy (non-hydrogen) atoms. The lowest BCUT2D eigenvalue weighted by Gasteiger charge is -2.08. The standard InChI is InChI=1S/C20H18N4/c21-19(22)17-5-1-3-15(11-17)13-7-9-14(10-8-13)16-4-2-6-18(12-16)20(23)24/h1-12H,(H3,21,22)(H3,23,24). The van der Waals surface area contributed by atoms with Gasteiger partial charge in [-0.05, 0) is 34.4 Å². The highest BCUT2D eigenvalue weighted by atomic mass is 14.7. The van der Waals surface area contributed by atoms with Crippen LogP contribution in [-0.4, -0.2) is 11.7 Å². The first-order valence-corrected chi connectivity index (χ1v) is 7.54. The van der Waals surface area contributed by atoms with Gasteiger partial charge >= 0.3 is 0 Å². The SMILES string of the molecule is N=C(N)c1cccc(-c2ccc(-c3cccc(C(=N)N)c3)cc2)c1. The number of nitrogen functional groups attached to an aromatic ring is 2. The molecule has 118 valence electrons. The molecule has 0 amide bonds. The van der Waals surface area contributed by atoms with Crippen LogP contribution in [0.3, 0.4) is 0 Å². The van der Waals surface area contributed by atoms with Gasteiger partial charge in [-0.25, -0.2) is 0 Å². The molecule has 0 saturated carbocycles. The molecular weight excluding hydrogens is 296 g/mol. The van der Waals surface area contributed by atoms with E-state index in [4.69, 9.17) is 22.3 Å². The van der Waals surface area contributed by atoms with Gasteiger partial charge in [0.15, 0.2) is 0 Å². The summed E-state index contributed by atoms with van der Waals surface area (Å²) in [6, 6.07) is 23.4. The highest BCUT2D eigenvalue weighted by Crippen LogP contribution is 2.26. The van der Waals surface area contributed by atoms with Crippen molar-refractivity contribution in [3.63, 3.8) is 0 Å². The van der Waals surface area contributed by atoms with E-state index in [1.165, 1.54) is 0 Å². The Balaban J connectivity index is 1.94. The second-order valence-corrected chi connectivity index (χ2v) is 5.57. The lowest BCUT2D eigenvalue weighted by atomic mass is 9.98. The van der Waals surface area contributed by atoms with Crippen molar-refractivity contribution in [1.82, 2.24) is 0 Å². The number of rotatable bonds is 4. The molecule has 0 aliphatic heterocycles. The maximum Gasteiger partial charge on any atom is 0.122 e. The van der Waals surface area contributed by atoms with E-state index < -0.39 is 0 Å². The van der Waals surface area contributed by atoms with Crippen LogP contribution in [0.1, 0.15) is 11.1 Å². The monoisotopic (exact) mass is 314 g/mol. The van der Waals surface area contributed by atoms with E-state index in [-0.39, 0.29) is 11.7 Å². The van der Waals surface area contributed by atoms with E-state index in [1.807, 2.05) is 72.8 Å². The molecule has 4 heteroatoms. The van der Waals surface area contributed by atoms with Crippen LogP contribution in [0.4, 0.5) is 0 Å². The molecule has 6 N–H and O–H groups in total. The molecule has 0 saturated heterocycles. The molecule has 0 unspecified atom stereocenters. The first kappa shape index (κ1) is 15.5. The summed E-state index contributed by atoms with van der Waals surface area (Å²) in [4.78, 5) is 0. The zero-order valence-corrected chi connectivity index (χ0v) is 13.1. The average Bonchev–Trinajstić information content (AvgIpc) is 2.62. The van der Waals surface area contributed by atoms with Crippen LogP contribution in [0, 0.1) is 10.8 Å². The predicted octanol–water partition coefficient (Wildman–Crippen LogP) is 3.59. The minimum atomic E-state index is 0.0644. The Kier molecular flexibility index (Phi) is 4.12. The smallest absolute Gasteiger partial charge is 0.122 e. The van der Waals surface area contributed by atoms with Crippen LogP contribution < -0.4 is 11.5 Å². The number of amidine groups is 2. The van der Waals surface area contributed by atoms with E-state index in [2.05, 4.69) is 0 Å². The van der Waals surface area contributed by atoms with Gasteiger partial charge < -0.3 is 11.5 Å². The zero-order valence-electron chi connectivity index (χ0n) is 13.1. The highest BCUT2D eigenvalue weighted by Gasteiger charge is 2.04. The van der Waals surface area contributed by atoms with Crippen molar-refractivity contribution < 1.29 is 0 Å². The normalized spacial score (nSPS) is 10.3.